The molecule has 33 heavy (non-hydrogen) atoms. The van der Waals surface area contributed by atoms with E-state index in [0.29, 0.717) is 5.56 Å². The molecule has 0 radical (unpaired) electrons. The first kappa shape index (κ1) is 24.1. The molecule has 3 aromatic rings. The van der Waals surface area contributed by atoms with Crippen molar-refractivity contribution in [2.45, 2.75) is 45.1 Å². The Hall–Kier alpha value is -3.60. The lowest BCUT2D eigenvalue weighted by molar-refractivity contribution is -0.154. The molecule has 0 spiro atoms. The number of rotatable bonds is 8. The molecule has 3 rings (SSSR count). The lowest BCUT2D eigenvalue weighted by atomic mass is 9.87. The van der Waals surface area contributed by atoms with Crippen molar-refractivity contribution < 1.29 is 19.4 Å². The number of carbonyl (C=O) groups is 2. The van der Waals surface area contributed by atoms with E-state index in [1.54, 1.807) is 24.3 Å². The van der Waals surface area contributed by atoms with Crippen molar-refractivity contribution in [3.05, 3.63) is 90.0 Å². The summed E-state index contributed by atoms with van der Waals surface area (Å²) < 4.78 is 5.25. The minimum absolute atomic E-state index is 0.102. The van der Waals surface area contributed by atoms with Gasteiger partial charge in [0.25, 0.3) is 5.91 Å². The molecule has 1 amide bonds. The summed E-state index contributed by atoms with van der Waals surface area (Å²) in [6.45, 7) is 9.57. The molecule has 0 bridgehead atoms. The zero-order valence-corrected chi connectivity index (χ0v) is 19.4. The van der Waals surface area contributed by atoms with E-state index in [1.165, 1.54) is 0 Å². The van der Waals surface area contributed by atoms with Crippen molar-refractivity contribution in [3.63, 3.8) is 0 Å². The Balaban J connectivity index is 1.69. The number of phenolic OH excluding ortho intramolecular Hbond substituents is 1. The van der Waals surface area contributed by atoms with Crippen LogP contribution >= 0.6 is 0 Å². The molecular formula is C28H31NO4. The molecule has 1 atom stereocenters. The average Bonchev–Trinajstić information content (AvgIpc) is 2.76. The van der Waals surface area contributed by atoms with Crippen molar-refractivity contribution in [2.75, 3.05) is 6.54 Å². The standard InChI is InChI=1S/C28H31NO4/c1-5-6-25(23-12-11-22-18-24(30)14-13-21(22)17-23)19-7-9-20(10-8-19)27(32)29-16-15-26(31)33-28(2,3)4/h5,7-14,17-18,25,30H,1,6,15-16H2,2-4H3,(H,29,32)/t25-/m0/s1. The highest BCUT2D eigenvalue weighted by Gasteiger charge is 2.17. The van der Waals surface area contributed by atoms with Crippen molar-refractivity contribution in [3.8, 4) is 5.75 Å². The van der Waals surface area contributed by atoms with Gasteiger partial charge < -0.3 is 15.2 Å². The number of amides is 1. The minimum atomic E-state index is -0.536. The van der Waals surface area contributed by atoms with Gasteiger partial charge in [0.15, 0.2) is 0 Å². The largest absolute Gasteiger partial charge is 0.508 e. The summed E-state index contributed by atoms with van der Waals surface area (Å²) in [5, 5.41) is 14.5. The maximum atomic E-state index is 12.5. The summed E-state index contributed by atoms with van der Waals surface area (Å²) >= 11 is 0. The van der Waals surface area contributed by atoms with E-state index in [-0.39, 0.29) is 36.5 Å². The van der Waals surface area contributed by atoms with Crippen molar-refractivity contribution in [1.82, 2.24) is 5.32 Å². The van der Waals surface area contributed by atoms with Crippen LogP contribution in [0.1, 0.15) is 61.0 Å². The second-order valence-electron chi connectivity index (χ2n) is 9.08. The lowest BCUT2D eigenvalue weighted by Crippen LogP contribution is -2.29. The van der Waals surface area contributed by atoms with Gasteiger partial charge in [0.1, 0.15) is 11.4 Å². The van der Waals surface area contributed by atoms with E-state index < -0.39 is 5.60 Å². The molecule has 5 nitrogen and oxygen atoms in total. The molecule has 0 aliphatic carbocycles. The van der Waals surface area contributed by atoms with Crippen LogP contribution in [-0.2, 0) is 9.53 Å². The van der Waals surface area contributed by atoms with E-state index in [9.17, 15) is 14.7 Å². The minimum Gasteiger partial charge on any atom is -0.508 e. The number of hydrogen-bond donors (Lipinski definition) is 2. The molecule has 0 unspecified atom stereocenters. The molecule has 0 saturated carbocycles. The second kappa shape index (κ2) is 10.3. The summed E-state index contributed by atoms with van der Waals surface area (Å²) in [5.41, 5.74) is 2.22. The van der Waals surface area contributed by atoms with Crippen LogP contribution in [0.3, 0.4) is 0 Å². The highest BCUT2D eigenvalue weighted by molar-refractivity contribution is 5.94. The summed E-state index contributed by atoms with van der Waals surface area (Å²) in [6, 6.07) is 19.0. The van der Waals surface area contributed by atoms with Crippen molar-refractivity contribution in [2.24, 2.45) is 0 Å². The topological polar surface area (TPSA) is 75.6 Å². The number of nitrogens with one attached hydrogen (secondary N) is 1. The molecule has 0 fully saturated rings. The number of phenols is 1. The summed E-state index contributed by atoms with van der Waals surface area (Å²) in [4.78, 5) is 24.3. The third-order valence-corrected chi connectivity index (χ3v) is 5.26. The Morgan fingerprint density at radius 1 is 1.00 bits per heavy atom. The SMILES string of the molecule is C=CC[C@@H](c1ccc(C(=O)NCCC(=O)OC(C)(C)C)cc1)c1ccc2cc(O)ccc2c1. The van der Waals surface area contributed by atoms with Crippen LogP contribution in [-0.4, -0.2) is 29.1 Å². The number of hydrogen-bond acceptors (Lipinski definition) is 4. The van der Waals surface area contributed by atoms with E-state index in [1.807, 2.05) is 51.1 Å². The molecule has 0 aliphatic heterocycles. The molecule has 0 aliphatic rings. The predicted molar refractivity (Wildman–Crippen MR) is 132 cm³/mol. The second-order valence-corrected chi connectivity index (χ2v) is 9.08. The summed E-state index contributed by atoms with van der Waals surface area (Å²) in [5.74, 6) is -0.213. The zero-order valence-electron chi connectivity index (χ0n) is 19.4. The van der Waals surface area contributed by atoms with Crippen LogP contribution in [0.4, 0.5) is 0 Å². The van der Waals surface area contributed by atoms with Crippen molar-refractivity contribution >= 4 is 22.6 Å². The van der Waals surface area contributed by atoms with Crippen LogP contribution in [0.2, 0.25) is 0 Å². The maximum Gasteiger partial charge on any atom is 0.308 e. The third kappa shape index (κ3) is 6.69. The van der Waals surface area contributed by atoms with Gasteiger partial charge in [0, 0.05) is 18.0 Å². The Kier molecular flexibility index (Phi) is 7.54. The Labute approximate surface area is 195 Å². The highest BCUT2D eigenvalue weighted by Crippen LogP contribution is 2.31. The van der Waals surface area contributed by atoms with E-state index >= 15 is 0 Å². The number of allylic oxidation sites excluding steroid dienone is 1. The molecule has 2 N–H and O–H groups in total. The smallest absolute Gasteiger partial charge is 0.308 e. The van der Waals surface area contributed by atoms with Gasteiger partial charge in [-0.25, -0.2) is 0 Å². The van der Waals surface area contributed by atoms with Crippen LogP contribution in [0, 0.1) is 0 Å². The van der Waals surface area contributed by atoms with Gasteiger partial charge in [-0.1, -0.05) is 42.5 Å². The van der Waals surface area contributed by atoms with Gasteiger partial charge in [-0.2, -0.15) is 0 Å². The number of benzene rings is 3. The lowest BCUT2D eigenvalue weighted by Gasteiger charge is -2.19. The van der Waals surface area contributed by atoms with E-state index in [4.69, 9.17) is 4.74 Å². The molecule has 5 heteroatoms. The number of ether oxygens (including phenoxy) is 1. The average molecular weight is 446 g/mol. The molecule has 172 valence electrons. The Morgan fingerprint density at radius 3 is 2.30 bits per heavy atom. The molecule has 3 aromatic carbocycles. The number of esters is 1. The fourth-order valence-electron chi connectivity index (χ4n) is 3.74. The maximum absolute atomic E-state index is 12.5. The monoisotopic (exact) mass is 445 g/mol. The van der Waals surface area contributed by atoms with Crippen LogP contribution in [0.5, 0.6) is 5.75 Å². The normalized spacial score (nSPS) is 12.2. The van der Waals surface area contributed by atoms with E-state index in [0.717, 1.165) is 28.3 Å². The van der Waals surface area contributed by atoms with Crippen LogP contribution in [0.25, 0.3) is 10.8 Å². The fraction of sp³-hybridized carbons (Fsp3) is 0.286. The number of carbonyl (C=O) groups excluding carboxylic acids is 2. The van der Waals surface area contributed by atoms with Gasteiger partial charge >= 0.3 is 5.97 Å². The molecule has 0 aromatic heterocycles. The number of fused-ring (bicyclic) bond motifs is 1. The molecule has 0 heterocycles. The van der Waals surface area contributed by atoms with Crippen LogP contribution in [0.15, 0.2) is 73.3 Å². The summed E-state index contributed by atoms with van der Waals surface area (Å²) in [6.07, 6.45) is 2.77. The summed E-state index contributed by atoms with van der Waals surface area (Å²) in [7, 11) is 0. The first-order valence-corrected chi connectivity index (χ1v) is 11.1. The quantitative estimate of drug-likeness (QED) is 0.344. The van der Waals surface area contributed by atoms with Gasteiger partial charge in [0.2, 0.25) is 0 Å². The predicted octanol–water partition coefficient (Wildman–Crippen LogP) is 5.72. The fourth-order valence-corrected chi connectivity index (χ4v) is 3.74. The van der Waals surface area contributed by atoms with Gasteiger partial charge in [-0.15, -0.1) is 6.58 Å². The Bertz CT molecular complexity index is 1140. The highest BCUT2D eigenvalue weighted by atomic mass is 16.6. The van der Waals surface area contributed by atoms with Crippen molar-refractivity contribution in [1.29, 1.82) is 0 Å². The molecular weight excluding hydrogens is 414 g/mol. The third-order valence-electron chi connectivity index (χ3n) is 5.26. The van der Waals surface area contributed by atoms with Gasteiger partial charge in [0.05, 0.1) is 6.42 Å². The van der Waals surface area contributed by atoms with Gasteiger partial charge in [-0.3, -0.25) is 9.59 Å². The first-order chi connectivity index (χ1) is 15.7. The molecule has 0 saturated heterocycles. The number of aromatic hydroxyl groups is 1. The van der Waals surface area contributed by atoms with E-state index in [2.05, 4.69) is 24.0 Å². The van der Waals surface area contributed by atoms with Gasteiger partial charge in [-0.05, 0) is 73.4 Å². The Morgan fingerprint density at radius 2 is 1.64 bits per heavy atom. The zero-order chi connectivity index (χ0) is 24.0. The van der Waals surface area contributed by atoms with Crippen LogP contribution < -0.4 is 5.32 Å². The first-order valence-electron chi connectivity index (χ1n) is 11.1.